The number of carbonyl (C=O) groups excluding carboxylic acids is 9. The molecule has 2 aliphatic carbocycles. The number of amides is 9. The van der Waals surface area contributed by atoms with E-state index in [1.165, 1.54) is 26.0 Å². The van der Waals surface area contributed by atoms with Crippen LogP contribution < -0.4 is 59.3 Å². The Labute approximate surface area is 436 Å². The number of unbranched alkanes of at least 4 members (excludes halogenated alkanes) is 1. The van der Waals surface area contributed by atoms with Crippen molar-refractivity contribution in [3.05, 3.63) is 29.8 Å². The second-order valence-corrected chi connectivity index (χ2v) is 20.9. The van der Waals surface area contributed by atoms with Crippen molar-refractivity contribution in [2.24, 2.45) is 35.1 Å². The second kappa shape index (κ2) is 27.4. The predicted octanol–water partition coefficient (Wildman–Crippen LogP) is -2.36. The molecule has 75 heavy (non-hydrogen) atoms. The first-order valence-corrected chi connectivity index (χ1v) is 26.7. The summed E-state index contributed by atoms with van der Waals surface area (Å²) in [6.07, 6.45) is 5.70. The number of aromatic hydroxyl groups is 1. The smallest absolute Gasteiger partial charge is 0.303 e. The summed E-state index contributed by atoms with van der Waals surface area (Å²) < 4.78 is 0. The molecule has 5 aliphatic rings. The molecule has 0 bridgehead atoms. The number of nitrogens with zero attached hydrogens (tertiary/aromatic N) is 1. The molecule has 3 heterocycles. The number of β-lactam (4-membered cyclic amide) rings is 1. The summed E-state index contributed by atoms with van der Waals surface area (Å²) >= 11 is 0. The number of piperidine rings is 2. The van der Waals surface area contributed by atoms with Crippen molar-refractivity contribution >= 4 is 59.1 Å². The van der Waals surface area contributed by atoms with Crippen molar-refractivity contribution < 1.29 is 58.2 Å². The number of phenolic OH excluding ortho intramolecular Hbond substituents is 1. The van der Waals surface area contributed by atoms with Gasteiger partial charge in [-0.15, -0.1) is 0 Å². The van der Waals surface area contributed by atoms with Crippen LogP contribution in [0, 0.1) is 23.7 Å². The minimum atomic E-state index is -1.26. The average Bonchev–Trinajstić information content (AvgIpc) is 3.37. The molecule has 414 valence electrons. The van der Waals surface area contributed by atoms with Gasteiger partial charge in [0.1, 0.15) is 29.9 Å². The summed E-state index contributed by atoms with van der Waals surface area (Å²) in [6.45, 7) is 4.51. The van der Waals surface area contributed by atoms with Crippen molar-refractivity contribution in [1.29, 1.82) is 0 Å². The van der Waals surface area contributed by atoms with Crippen LogP contribution in [0.3, 0.4) is 0 Å². The van der Waals surface area contributed by atoms with E-state index in [0.29, 0.717) is 83.0 Å². The zero-order valence-corrected chi connectivity index (χ0v) is 43.0. The van der Waals surface area contributed by atoms with Gasteiger partial charge in [0.15, 0.2) is 0 Å². The predicted molar refractivity (Wildman–Crippen MR) is 271 cm³/mol. The van der Waals surface area contributed by atoms with Crippen LogP contribution in [-0.4, -0.2) is 161 Å². The molecule has 13 atom stereocenters. The molecule has 6 rings (SSSR count). The first-order valence-electron chi connectivity index (χ1n) is 26.7. The first kappa shape index (κ1) is 57.9. The molecule has 0 spiro atoms. The van der Waals surface area contributed by atoms with E-state index in [1.54, 1.807) is 17.0 Å². The summed E-state index contributed by atoms with van der Waals surface area (Å²) in [7, 11) is 0. The normalized spacial score (nSPS) is 27.0. The summed E-state index contributed by atoms with van der Waals surface area (Å²) in [5.74, 6) is -8.61. The number of nitrogens with two attached hydrogens (primary N) is 2. The van der Waals surface area contributed by atoms with Crippen LogP contribution in [0.4, 0.5) is 0 Å². The number of fused-ring (bicyclic) bond motifs is 1. The van der Waals surface area contributed by atoms with Gasteiger partial charge >= 0.3 is 5.97 Å². The molecule has 9 unspecified atom stereocenters. The maximum Gasteiger partial charge on any atom is 0.303 e. The Bertz CT molecular complexity index is 2230. The van der Waals surface area contributed by atoms with Gasteiger partial charge in [-0.2, -0.15) is 0 Å². The van der Waals surface area contributed by atoms with Gasteiger partial charge in [-0.25, -0.2) is 0 Å². The minimum Gasteiger partial charge on any atom is -0.508 e. The fourth-order valence-corrected chi connectivity index (χ4v) is 11.4. The SMILES string of the molecule is CC(=O)NC1CCCCC1C(=O)N[C@@H](CCC(=O)O)C(=O)NC1CCNCC1C(=O)N[C@@H](Cc1ccc(O)cc1)C(=O)NC1CCCC2C1C(=O)N2[C@@H](CCCCN)C(=O)NC1CCNCC1C(=O)N[C@@H](C)C(N)=O. The highest BCUT2D eigenvalue weighted by atomic mass is 16.4. The van der Waals surface area contributed by atoms with Gasteiger partial charge in [-0.05, 0) is 115 Å². The van der Waals surface area contributed by atoms with E-state index in [0.717, 1.165) is 12.8 Å². The van der Waals surface area contributed by atoms with E-state index in [4.69, 9.17) is 11.5 Å². The zero-order chi connectivity index (χ0) is 54.3. The third-order valence-electron chi connectivity index (χ3n) is 15.5. The number of likely N-dealkylation sites (tertiary alicyclic amines) is 1. The molecule has 15 N–H and O–H groups in total. The van der Waals surface area contributed by atoms with Crippen LogP contribution in [0.5, 0.6) is 5.75 Å². The second-order valence-electron chi connectivity index (χ2n) is 20.9. The molecule has 1 aromatic carbocycles. The van der Waals surface area contributed by atoms with Crippen LogP contribution >= 0.6 is 0 Å². The molecular weight excluding hydrogens is 973 g/mol. The van der Waals surface area contributed by atoms with E-state index >= 15 is 0 Å². The molecule has 24 heteroatoms. The van der Waals surface area contributed by atoms with E-state index in [9.17, 15) is 58.2 Å². The molecular formula is C51H78N12O12. The Morgan fingerprint density at radius 3 is 1.87 bits per heavy atom. The maximum atomic E-state index is 14.5. The van der Waals surface area contributed by atoms with E-state index in [1.807, 2.05) is 0 Å². The number of rotatable bonds is 24. The lowest BCUT2D eigenvalue weighted by molar-refractivity contribution is -0.171. The lowest BCUT2D eigenvalue weighted by Gasteiger charge is -2.55. The highest BCUT2D eigenvalue weighted by molar-refractivity contribution is 5.96. The number of hydrogen-bond donors (Lipinski definition) is 13. The fraction of sp³-hybridized carbons (Fsp3) is 0.686. The van der Waals surface area contributed by atoms with Crippen LogP contribution in [0.1, 0.15) is 109 Å². The Morgan fingerprint density at radius 1 is 0.680 bits per heavy atom. The highest BCUT2D eigenvalue weighted by Gasteiger charge is 2.56. The number of carboxylic acid groups (broad SMARTS) is 1. The number of benzene rings is 1. The van der Waals surface area contributed by atoms with E-state index < -0.39 is 132 Å². The third kappa shape index (κ3) is 15.6. The van der Waals surface area contributed by atoms with Crippen LogP contribution in [0.25, 0.3) is 0 Å². The highest BCUT2D eigenvalue weighted by Crippen LogP contribution is 2.41. The number of hydrogen-bond acceptors (Lipinski definition) is 14. The van der Waals surface area contributed by atoms with Gasteiger partial charge in [0.05, 0.1) is 23.7 Å². The van der Waals surface area contributed by atoms with Crippen molar-refractivity contribution in [2.75, 3.05) is 32.7 Å². The lowest BCUT2D eigenvalue weighted by Crippen LogP contribution is -2.73. The van der Waals surface area contributed by atoms with Crippen LogP contribution in [-0.2, 0) is 54.4 Å². The number of carboxylic acids is 1. The zero-order valence-electron chi connectivity index (χ0n) is 43.0. The molecule has 5 fully saturated rings. The molecule has 3 aliphatic heterocycles. The fourth-order valence-electron chi connectivity index (χ4n) is 11.4. The van der Waals surface area contributed by atoms with E-state index in [2.05, 4.69) is 47.9 Å². The van der Waals surface area contributed by atoms with Crippen LogP contribution in [0.15, 0.2) is 24.3 Å². The molecule has 9 amide bonds. The number of primary amides is 1. The lowest BCUT2D eigenvalue weighted by atomic mass is 9.71. The Kier molecular flexibility index (Phi) is 21.1. The third-order valence-corrected chi connectivity index (χ3v) is 15.5. The van der Waals surface area contributed by atoms with Gasteiger partial charge in [-0.3, -0.25) is 47.9 Å². The Hall–Kier alpha value is -6.40. The molecule has 0 aromatic heterocycles. The average molecular weight is 1050 g/mol. The molecule has 24 nitrogen and oxygen atoms in total. The van der Waals surface area contributed by atoms with Crippen molar-refractivity contribution in [3.8, 4) is 5.75 Å². The summed E-state index contributed by atoms with van der Waals surface area (Å²) in [5, 5.41) is 46.0. The minimum absolute atomic E-state index is 0.00741. The quantitative estimate of drug-likeness (QED) is 0.0381. The Balaban J connectivity index is 1.15. The largest absolute Gasteiger partial charge is 0.508 e. The molecule has 2 saturated carbocycles. The van der Waals surface area contributed by atoms with Crippen molar-refractivity contribution in [3.63, 3.8) is 0 Å². The number of aliphatic carboxylic acids is 1. The summed E-state index contributed by atoms with van der Waals surface area (Å²) in [5.41, 5.74) is 11.8. The first-order chi connectivity index (χ1) is 35.9. The van der Waals surface area contributed by atoms with Crippen LogP contribution in [0.2, 0.25) is 0 Å². The van der Waals surface area contributed by atoms with Gasteiger partial charge < -0.3 is 74.4 Å². The Morgan fingerprint density at radius 2 is 1.24 bits per heavy atom. The number of carbonyl (C=O) groups is 10. The van der Waals surface area contributed by atoms with Gasteiger partial charge in [0, 0.05) is 63.1 Å². The molecule has 1 aromatic rings. The summed E-state index contributed by atoms with van der Waals surface area (Å²) in [4.78, 5) is 135. The molecule has 3 saturated heterocycles. The van der Waals surface area contributed by atoms with Gasteiger partial charge in [0.2, 0.25) is 53.2 Å². The van der Waals surface area contributed by atoms with Gasteiger partial charge in [-0.1, -0.05) is 25.0 Å². The number of nitrogens with one attached hydrogen (secondary N) is 9. The van der Waals surface area contributed by atoms with E-state index in [-0.39, 0.29) is 49.9 Å². The standard InChI is InChI=1S/C51H78N12O12/c1-27(44(53)68)56-46(70)32-25-54-23-20-36(32)59-50(74)41(11-5-6-21-52)63-40-12-7-10-37(43(40)51(63)75)60-49(73)39(24-29-13-15-30(65)16-14-29)62-47(71)33-26-55-22-19-35(33)58-48(72)38(17-18-42(66)67)61-45(69)31-8-3-4-9-34(31)57-28(2)64/h13-16,27,31-41,43,54-55,65H,3-12,17-26,52H2,1-2H3,(H2,53,68)(H,56,70)(H,57,64)(H,58,72)(H,59,74)(H,60,73)(H,61,69)(H,62,71)(H,66,67)/t27-,31?,32?,33?,34?,35?,36?,37?,38-,39-,40?,41-,43?/m0/s1. The van der Waals surface area contributed by atoms with Crippen molar-refractivity contribution in [2.45, 2.75) is 165 Å². The van der Waals surface area contributed by atoms with Crippen molar-refractivity contribution in [1.82, 2.24) is 52.8 Å². The monoisotopic (exact) mass is 1050 g/mol. The topological polar surface area (TPSA) is 375 Å². The van der Waals surface area contributed by atoms with Gasteiger partial charge in [0.25, 0.3) is 0 Å². The maximum absolute atomic E-state index is 14.5. The summed E-state index contributed by atoms with van der Waals surface area (Å²) in [6, 6.07) is -1.02. The number of phenols is 1. The molecule has 0 radical (unpaired) electrons.